The standard InChI is InChI=1S/C21H18Cl2N2O4S/c22-14-3-5-16(17(23)12-14)21-18-2-1-7-24(18)8-9-25(21)30(26,27)15-4-6-19-20(13-15)29-11-10-28-19/h1-7,12-13,21H,8-11H2/t21-/m1/s1. The molecule has 5 rings (SSSR count). The largest absolute Gasteiger partial charge is 0.486 e. The van der Waals surface area contributed by atoms with Crippen LogP contribution in [0.1, 0.15) is 17.3 Å². The maximum Gasteiger partial charge on any atom is 0.244 e. The molecule has 0 bridgehead atoms. The van der Waals surface area contributed by atoms with E-state index < -0.39 is 16.1 Å². The Hall–Kier alpha value is -2.19. The van der Waals surface area contributed by atoms with Gasteiger partial charge in [0.25, 0.3) is 0 Å². The third-order valence-electron chi connectivity index (χ3n) is 5.37. The fourth-order valence-corrected chi connectivity index (χ4v) is 6.08. The highest BCUT2D eigenvalue weighted by molar-refractivity contribution is 7.89. The number of nitrogens with zero attached hydrogens (tertiary/aromatic N) is 2. The summed E-state index contributed by atoms with van der Waals surface area (Å²) in [4.78, 5) is 0.154. The molecule has 1 aromatic heterocycles. The van der Waals surface area contributed by atoms with E-state index in [1.165, 1.54) is 10.4 Å². The Morgan fingerprint density at radius 2 is 1.73 bits per heavy atom. The number of hydrogen-bond acceptors (Lipinski definition) is 4. The molecular weight excluding hydrogens is 447 g/mol. The van der Waals surface area contributed by atoms with Gasteiger partial charge in [-0.25, -0.2) is 8.42 Å². The Kier molecular flexibility index (Phi) is 4.94. The van der Waals surface area contributed by atoms with E-state index in [1.54, 1.807) is 30.3 Å². The Morgan fingerprint density at radius 1 is 0.933 bits per heavy atom. The molecule has 2 aliphatic rings. The number of sulfonamides is 1. The first-order valence-corrected chi connectivity index (χ1v) is 11.7. The smallest absolute Gasteiger partial charge is 0.244 e. The van der Waals surface area contributed by atoms with Gasteiger partial charge >= 0.3 is 0 Å². The third kappa shape index (κ3) is 3.26. The van der Waals surface area contributed by atoms with Crippen molar-refractivity contribution in [2.45, 2.75) is 17.5 Å². The van der Waals surface area contributed by atoms with E-state index in [9.17, 15) is 8.42 Å². The van der Waals surface area contributed by atoms with E-state index in [-0.39, 0.29) is 4.90 Å². The summed E-state index contributed by atoms with van der Waals surface area (Å²) in [5, 5.41) is 0.917. The number of aromatic nitrogens is 1. The molecule has 0 aliphatic carbocycles. The highest BCUT2D eigenvalue weighted by atomic mass is 35.5. The normalized spacial score (nSPS) is 18.8. The second-order valence-corrected chi connectivity index (χ2v) is 9.85. The molecule has 156 valence electrons. The van der Waals surface area contributed by atoms with Crippen molar-refractivity contribution >= 4 is 33.2 Å². The van der Waals surface area contributed by atoms with Gasteiger partial charge in [-0.1, -0.05) is 29.3 Å². The summed E-state index contributed by atoms with van der Waals surface area (Å²) in [5.74, 6) is 0.980. The van der Waals surface area contributed by atoms with Crippen molar-refractivity contribution in [2.24, 2.45) is 0 Å². The van der Waals surface area contributed by atoms with Crippen LogP contribution in [0.3, 0.4) is 0 Å². The molecular formula is C21H18Cl2N2O4S. The van der Waals surface area contributed by atoms with Crippen LogP contribution in [0.2, 0.25) is 10.0 Å². The molecule has 0 unspecified atom stereocenters. The zero-order valence-corrected chi connectivity index (χ0v) is 18.1. The van der Waals surface area contributed by atoms with Crippen molar-refractivity contribution < 1.29 is 17.9 Å². The predicted molar refractivity (Wildman–Crippen MR) is 114 cm³/mol. The maximum atomic E-state index is 13.7. The van der Waals surface area contributed by atoms with Crippen molar-refractivity contribution in [2.75, 3.05) is 19.8 Å². The predicted octanol–water partition coefficient (Wildman–Crippen LogP) is 4.36. The van der Waals surface area contributed by atoms with Crippen LogP contribution in [0.5, 0.6) is 11.5 Å². The lowest BCUT2D eigenvalue weighted by Crippen LogP contribution is -2.42. The molecule has 0 spiro atoms. The molecule has 0 saturated carbocycles. The molecule has 30 heavy (non-hydrogen) atoms. The topological polar surface area (TPSA) is 60.8 Å². The minimum atomic E-state index is -3.85. The van der Waals surface area contributed by atoms with Crippen molar-refractivity contribution in [3.63, 3.8) is 0 Å². The van der Waals surface area contributed by atoms with Gasteiger partial charge in [-0.2, -0.15) is 4.31 Å². The monoisotopic (exact) mass is 464 g/mol. The van der Waals surface area contributed by atoms with Crippen LogP contribution in [-0.4, -0.2) is 37.0 Å². The first kappa shape index (κ1) is 19.8. The Balaban J connectivity index is 1.63. The highest BCUT2D eigenvalue weighted by Crippen LogP contribution is 2.41. The number of rotatable bonds is 3. The molecule has 0 saturated heterocycles. The zero-order valence-electron chi connectivity index (χ0n) is 15.8. The molecule has 0 amide bonds. The summed E-state index contributed by atoms with van der Waals surface area (Å²) < 4.78 is 42.1. The third-order valence-corrected chi connectivity index (χ3v) is 7.79. The van der Waals surface area contributed by atoms with Gasteiger partial charge in [-0.3, -0.25) is 0 Å². The Labute approximate surface area is 184 Å². The SMILES string of the molecule is O=S(=O)(c1ccc2c(c1)OCCO2)N1CCn2cccc2[C@H]1c1ccc(Cl)cc1Cl. The maximum absolute atomic E-state index is 13.7. The van der Waals surface area contributed by atoms with Gasteiger partial charge in [0.2, 0.25) is 10.0 Å². The van der Waals surface area contributed by atoms with Crippen LogP contribution in [0.15, 0.2) is 59.6 Å². The summed E-state index contributed by atoms with van der Waals surface area (Å²) >= 11 is 12.6. The lowest BCUT2D eigenvalue weighted by molar-refractivity contribution is 0.171. The number of fused-ring (bicyclic) bond motifs is 2. The molecule has 9 heteroatoms. The van der Waals surface area contributed by atoms with E-state index in [0.717, 1.165) is 5.69 Å². The average Bonchev–Trinajstić information content (AvgIpc) is 3.22. The van der Waals surface area contributed by atoms with E-state index in [4.69, 9.17) is 32.7 Å². The van der Waals surface area contributed by atoms with E-state index in [0.29, 0.717) is 53.4 Å². The number of hydrogen-bond donors (Lipinski definition) is 0. The molecule has 6 nitrogen and oxygen atoms in total. The number of halogens is 2. The summed E-state index contributed by atoms with van der Waals surface area (Å²) in [5.41, 5.74) is 1.54. The first-order valence-electron chi connectivity index (χ1n) is 9.46. The quantitative estimate of drug-likeness (QED) is 0.577. The van der Waals surface area contributed by atoms with Gasteiger partial charge in [0.05, 0.1) is 10.9 Å². The van der Waals surface area contributed by atoms with Crippen LogP contribution in [0.25, 0.3) is 0 Å². The van der Waals surface area contributed by atoms with Crippen LogP contribution >= 0.6 is 23.2 Å². The Morgan fingerprint density at radius 3 is 2.53 bits per heavy atom. The molecule has 0 fully saturated rings. The molecule has 2 aliphatic heterocycles. The van der Waals surface area contributed by atoms with Crippen molar-refractivity contribution in [3.8, 4) is 11.5 Å². The molecule has 0 N–H and O–H groups in total. The fraction of sp³-hybridized carbons (Fsp3) is 0.238. The van der Waals surface area contributed by atoms with Gasteiger partial charge < -0.3 is 14.0 Å². The molecule has 3 heterocycles. The lowest BCUT2D eigenvalue weighted by atomic mass is 10.0. The van der Waals surface area contributed by atoms with Crippen LogP contribution in [0, 0.1) is 0 Å². The van der Waals surface area contributed by atoms with Crippen LogP contribution in [-0.2, 0) is 16.6 Å². The van der Waals surface area contributed by atoms with Crippen molar-refractivity contribution in [3.05, 3.63) is 76.0 Å². The average molecular weight is 465 g/mol. The highest BCUT2D eigenvalue weighted by Gasteiger charge is 2.39. The van der Waals surface area contributed by atoms with E-state index >= 15 is 0 Å². The zero-order chi connectivity index (χ0) is 20.9. The van der Waals surface area contributed by atoms with E-state index in [2.05, 4.69) is 0 Å². The lowest BCUT2D eigenvalue weighted by Gasteiger charge is -2.36. The molecule has 3 aromatic rings. The molecule has 0 radical (unpaired) electrons. The van der Waals surface area contributed by atoms with Gasteiger partial charge in [-0.05, 0) is 42.0 Å². The van der Waals surface area contributed by atoms with Gasteiger partial charge in [0.1, 0.15) is 13.2 Å². The van der Waals surface area contributed by atoms with Crippen molar-refractivity contribution in [1.29, 1.82) is 0 Å². The summed E-state index contributed by atoms with van der Waals surface area (Å²) in [6.07, 6.45) is 1.94. The van der Waals surface area contributed by atoms with Crippen LogP contribution < -0.4 is 9.47 Å². The minimum Gasteiger partial charge on any atom is -0.486 e. The van der Waals surface area contributed by atoms with E-state index in [1.807, 2.05) is 22.9 Å². The summed E-state index contributed by atoms with van der Waals surface area (Å²) in [6, 6.07) is 13.1. The van der Waals surface area contributed by atoms with Crippen LogP contribution in [0.4, 0.5) is 0 Å². The first-order chi connectivity index (χ1) is 14.4. The number of ether oxygens (including phenoxy) is 2. The minimum absolute atomic E-state index is 0.154. The van der Waals surface area contributed by atoms with Crippen molar-refractivity contribution in [1.82, 2.24) is 8.87 Å². The number of benzene rings is 2. The molecule has 2 aromatic carbocycles. The van der Waals surface area contributed by atoms with Gasteiger partial charge in [0, 0.05) is 41.1 Å². The second kappa shape index (κ2) is 7.50. The summed E-state index contributed by atoms with van der Waals surface area (Å²) in [7, 11) is -3.85. The summed E-state index contributed by atoms with van der Waals surface area (Å²) in [6.45, 7) is 1.69. The molecule has 1 atom stereocenters. The van der Waals surface area contributed by atoms with Gasteiger partial charge in [0.15, 0.2) is 11.5 Å². The van der Waals surface area contributed by atoms with Gasteiger partial charge in [-0.15, -0.1) is 0 Å². The Bertz CT molecular complexity index is 1230. The second-order valence-electron chi connectivity index (χ2n) is 7.12. The fourth-order valence-electron chi connectivity index (χ4n) is 3.98.